The number of fused-ring (bicyclic) bond motifs is 10. The minimum atomic E-state index is -0.236. The van der Waals surface area contributed by atoms with Gasteiger partial charge in [0.1, 0.15) is 17.2 Å². The van der Waals surface area contributed by atoms with E-state index in [0.29, 0.717) is 0 Å². The molecule has 0 unspecified atom stereocenters. The van der Waals surface area contributed by atoms with Crippen molar-refractivity contribution < 1.29 is 9.39 Å². The topological polar surface area (TPSA) is 28.3 Å². The van der Waals surface area contributed by atoms with Gasteiger partial charge in [-0.15, -0.1) is 0 Å². The van der Waals surface area contributed by atoms with Gasteiger partial charge in [0, 0.05) is 44.1 Å². The number of hydrogen-bond acceptors (Lipinski definition) is 2. The van der Waals surface area contributed by atoms with E-state index in [9.17, 15) is 0 Å². The van der Waals surface area contributed by atoms with Gasteiger partial charge in [0.05, 0.1) is 33.4 Å². The van der Waals surface area contributed by atoms with Gasteiger partial charge >= 0.3 is 6.92 Å². The predicted octanol–water partition coefficient (Wildman–Crippen LogP) is 9.15. The van der Waals surface area contributed by atoms with E-state index in [0.717, 1.165) is 61.7 Å². The molecule has 2 aliphatic rings. The number of para-hydroxylation sites is 6. The monoisotopic (exact) mass is 600 g/mol. The maximum atomic E-state index is 6.72. The minimum absolute atomic E-state index is 0.236. The third-order valence-corrected chi connectivity index (χ3v) is 9.99. The van der Waals surface area contributed by atoms with Crippen molar-refractivity contribution in [3.8, 4) is 39.8 Å². The van der Waals surface area contributed by atoms with Crippen LogP contribution in [0.15, 0.2) is 152 Å². The van der Waals surface area contributed by atoms with Crippen LogP contribution >= 0.6 is 0 Å². The summed E-state index contributed by atoms with van der Waals surface area (Å²) in [5, 5.41) is 4.91. The van der Waals surface area contributed by atoms with Crippen molar-refractivity contribution in [2.45, 2.75) is 0 Å². The Labute approximate surface area is 270 Å². The highest BCUT2D eigenvalue weighted by Crippen LogP contribution is 2.43. The van der Waals surface area contributed by atoms with Crippen molar-refractivity contribution >= 4 is 61.5 Å². The molecule has 0 saturated carbocycles. The number of rotatable bonds is 2. The Balaban J connectivity index is 1.28. The SMILES string of the molecule is c1ccc2c(c1)Oc1cc(-n3c4ccccc4c4cccc(-n5c6ccccc6c6ccccc65)c43)cc3c1B2Oc1ccccc1-3. The Kier molecular flexibility index (Phi) is 4.89. The van der Waals surface area contributed by atoms with E-state index in [1.54, 1.807) is 0 Å². The van der Waals surface area contributed by atoms with Crippen molar-refractivity contribution in [1.29, 1.82) is 0 Å². The lowest BCUT2D eigenvalue weighted by atomic mass is 9.51. The quantitative estimate of drug-likeness (QED) is 0.185. The average molecular weight is 600 g/mol. The molecule has 0 saturated heterocycles. The van der Waals surface area contributed by atoms with Crippen LogP contribution in [0.2, 0.25) is 0 Å². The lowest BCUT2D eigenvalue weighted by molar-refractivity contribution is 0.479. The molecule has 0 bridgehead atoms. The normalized spacial score (nSPS) is 13.0. The van der Waals surface area contributed by atoms with E-state index in [2.05, 4.69) is 143 Å². The van der Waals surface area contributed by atoms with E-state index < -0.39 is 0 Å². The Morgan fingerprint density at radius 3 is 1.81 bits per heavy atom. The van der Waals surface area contributed by atoms with Crippen LogP contribution in [0.1, 0.15) is 0 Å². The Bertz CT molecular complexity index is 2720. The van der Waals surface area contributed by atoms with Gasteiger partial charge in [-0.3, -0.25) is 0 Å². The summed E-state index contributed by atoms with van der Waals surface area (Å²) in [6, 6.07) is 54.0. The summed E-state index contributed by atoms with van der Waals surface area (Å²) < 4.78 is 18.3. The molecular weight excluding hydrogens is 575 g/mol. The summed E-state index contributed by atoms with van der Waals surface area (Å²) in [6.07, 6.45) is 0. The van der Waals surface area contributed by atoms with Crippen LogP contribution in [-0.2, 0) is 0 Å². The van der Waals surface area contributed by atoms with Gasteiger partial charge in [0.25, 0.3) is 0 Å². The van der Waals surface area contributed by atoms with Crippen molar-refractivity contribution in [2.75, 3.05) is 0 Å². The van der Waals surface area contributed by atoms with Crippen molar-refractivity contribution in [3.05, 3.63) is 152 Å². The first kappa shape index (κ1) is 25.0. The van der Waals surface area contributed by atoms with E-state index in [1.165, 1.54) is 32.6 Å². The Morgan fingerprint density at radius 1 is 0.447 bits per heavy atom. The number of aromatic nitrogens is 2. The van der Waals surface area contributed by atoms with Crippen LogP contribution in [0, 0.1) is 0 Å². The minimum Gasteiger partial charge on any atom is -0.551 e. The molecule has 0 amide bonds. The molecule has 0 radical (unpaired) electrons. The highest BCUT2D eigenvalue weighted by molar-refractivity contribution is 6.84. The molecule has 2 aromatic heterocycles. The molecular formula is C42H25BN2O2. The van der Waals surface area contributed by atoms with Crippen LogP contribution in [-0.4, -0.2) is 16.0 Å². The van der Waals surface area contributed by atoms with Gasteiger partial charge in [-0.1, -0.05) is 103 Å². The summed E-state index contributed by atoms with van der Waals surface area (Å²) in [6.45, 7) is -0.236. The van der Waals surface area contributed by atoms with Gasteiger partial charge in [-0.2, -0.15) is 0 Å². The smallest absolute Gasteiger partial charge is 0.434 e. The van der Waals surface area contributed by atoms with Crippen molar-refractivity contribution in [3.63, 3.8) is 0 Å². The van der Waals surface area contributed by atoms with Crippen LogP contribution < -0.4 is 20.3 Å². The Hall–Kier alpha value is -6.20. The van der Waals surface area contributed by atoms with Gasteiger partial charge in [-0.25, -0.2) is 0 Å². The average Bonchev–Trinajstić information content (AvgIpc) is 3.65. The fraction of sp³-hybridized carbons (Fsp3) is 0. The summed E-state index contributed by atoms with van der Waals surface area (Å²) in [7, 11) is 0. The molecule has 0 aliphatic carbocycles. The Morgan fingerprint density at radius 2 is 1.04 bits per heavy atom. The van der Waals surface area contributed by atoms with Gasteiger partial charge in [0.15, 0.2) is 0 Å². The number of hydrogen-bond donors (Lipinski definition) is 0. The van der Waals surface area contributed by atoms with E-state index in [-0.39, 0.29) is 6.92 Å². The molecule has 9 aromatic rings. The summed E-state index contributed by atoms with van der Waals surface area (Å²) in [5.41, 5.74) is 11.2. The summed E-state index contributed by atoms with van der Waals surface area (Å²) >= 11 is 0. The van der Waals surface area contributed by atoms with Crippen LogP contribution in [0.3, 0.4) is 0 Å². The van der Waals surface area contributed by atoms with E-state index in [4.69, 9.17) is 9.39 Å². The van der Waals surface area contributed by atoms with Crippen molar-refractivity contribution in [1.82, 2.24) is 9.13 Å². The molecule has 0 atom stereocenters. The predicted molar refractivity (Wildman–Crippen MR) is 193 cm³/mol. The molecule has 0 spiro atoms. The summed E-state index contributed by atoms with van der Waals surface area (Å²) in [5.74, 6) is 2.55. The van der Waals surface area contributed by atoms with Gasteiger partial charge < -0.3 is 18.5 Å². The largest absolute Gasteiger partial charge is 0.551 e. The molecule has 47 heavy (non-hydrogen) atoms. The molecule has 7 aromatic carbocycles. The first-order valence-electron chi connectivity index (χ1n) is 16.1. The molecule has 4 nitrogen and oxygen atoms in total. The van der Waals surface area contributed by atoms with Gasteiger partial charge in [0.2, 0.25) is 0 Å². The van der Waals surface area contributed by atoms with Crippen molar-refractivity contribution in [2.24, 2.45) is 0 Å². The zero-order valence-corrected chi connectivity index (χ0v) is 25.2. The standard InChI is InChI=1S/C42H25BN2O2/c1-7-19-35-27(12-1)28-13-2-8-20-36(28)45(35)37-21-11-16-31-29-14-3-6-18-34(29)44(42(31)37)26-24-32-30-15-4-9-22-38(30)47-43-33-17-5-10-23-39(33)46-40(25-26)41(32)43/h1-25H. The second-order valence-corrected chi connectivity index (χ2v) is 12.4. The number of nitrogens with zero attached hydrogens (tertiary/aromatic N) is 2. The lowest BCUT2D eigenvalue weighted by Crippen LogP contribution is -2.53. The zero-order chi connectivity index (χ0) is 30.6. The maximum Gasteiger partial charge on any atom is 0.434 e. The molecule has 2 aliphatic heterocycles. The molecule has 218 valence electrons. The fourth-order valence-corrected chi connectivity index (χ4v) is 8.06. The second-order valence-electron chi connectivity index (χ2n) is 12.4. The second kappa shape index (κ2) is 9.18. The fourth-order valence-electron chi connectivity index (χ4n) is 8.06. The highest BCUT2D eigenvalue weighted by atomic mass is 16.5. The van der Waals surface area contributed by atoms with E-state index in [1.807, 2.05) is 18.2 Å². The van der Waals surface area contributed by atoms with Crippen LogP contribution in [0.5, 0.6) is 17.2 Å². The highest BCUT2D eigenvalue weighted by Gasteiger charge is 2.41. The number of benzene rings is 7. The third-order valence-electron chi connectivity index (χ3n) is 9.99. The first-order chi connectivity index (χ1) is 23.3. The first-order valence-corrected chi connectivity index (χ1v) is 16.1. The van der Waals surface area contributed by atoms with Gasteiger partial charge in [-0.05, 0) is 48.0 Å². The van der Waals surface area contributed by atoms with E-state index >= 15 is 0 Å². The molecule has 0 fully saturated rings. The van der Waals surface area contributed by atoms with Crippen LogP contribution in [0.25, 0.3) is 66.1 Å². The molecule has 11 rings (SSSR count). The lowest BCUT2D eigenvalue weighted by Gasteiger charge is -2.33. The zero-order valence-electron chi connectivity index (χ0n) is 25.2. The summed E-state index contributed by atoms with van der Waals surface area (Å²) in [4.78, 5) is 0. The number of ether oxygens (including phenoxy) is 1. The molecule has 4 heterocycles. The third kappa shape index (κ3) is 3.32. The van der Waals surface area contributed by atoms with Crippen LogP contribution in [0.4, 0.5) is 0 Å². The molecule has 5 heteroatoms. The molecule has 0 N–H and O–H groups in total. The maximum absolute atomic E-state index is 6.72.